The average Bonchev–Trinajstić information content (AvgIpc) is 3.13. The van der Waals surface area contributed by atoms with Gasteiger partial charge in [0.2, 0.25) is 5.78 Å². The summed E-state index contributed by atoms with van der Waals surface area (Å²) in [5.74, 6) is -1.37. The first-order valence-electron chi connectivity index (χ1n) is 7.02. The number of amides is 2. The van der Waals surface area contributed by atoms with E-state index >= 15 is 0 Å². The molecule has 0 saturated heterocycles. The van der Waals surface area contributed by atoms with E-state index in [1.807, 2.05) is 5.38 Å². The summed E-state index contributed by atoms with van der Waals surface area (Å²) < 4.78 is 0. The van der Waals surface area contributed by atoms with Crippen molar-refractivity contribution in [3.05, 3.63) is 44.3 Å². The molecule has 0 radical (unpaired) electrons. The topological polar surface area (TPSA) is 75.3 Å². The number of ketones is 1. The number of hydrogen-bond donors (Lipinski definition) is 2. The fraction of sp³-hybridized carbons (Fsp3) is 0.312. The Bertz CT molecular complexity index is 712. The Morgan fingerprint density at radius 3 is 2.43 bits per heavy atom. The Morgan fingerprint density at radius 1 is 1.09 bits per heavy atom. The minimum atomic E-state index is -0.681. The van der Waals surface area contributed by atoms with Crippen molar-refractivity contribution in [3.8, 4) is 0 Å². The third-order valence-corrected chi connectivity index (χ3v) is 4.55. The van der Waals surface area contributed by atoms with Crippen LogP contribution in [-0.2, 0) is 16.1 Å². The molecule has 0 aliphatic heterocycles. The van der Waals surface area contributed by atoms with Gasteiger partial charge in [-0.25, -0.2) is 0 Å². The fourth-order valence-corrected chi connectivity index (χ4v) is 3.32. The molecule has 0 unspecified atom stereocenters. The van der Waals surface area contributed by atoms with Gasteiger partial charge in [0.05, 0.1) is 11.4 Å². The summed E-state index contributed by atoms with van der Waals surface area (Å²) in [6, 6.07) is 5.30. The second kappa shape index (κ2) is 7.06. The van der Waals surface area contributed by atoms with Crippen LogP contribution in [0.15, 0.2) is 29.0 Å². The fourth-order valence-electron chi connectivity index (χ4n) is 1.78. The predicted molar refractivity (Wildman–Crippen MR) is 91.8 cm³/mol. The summed E-state index contributed by atoms with van der Waals surface area (Å²) in [5.41, 5.74) is 0.203. The minimum absolute atomic E-state index is 0.0284. The SMILES string of the molecule is CC(C)(C)NC(=O)C(=O)NCc1ccc(C(=O)c2ccsc2)s1. The number of carbonyl (C=O) groups is 3. The van der Waals surface area contributed by atoms with Gasteiger partial charge < -0.3 is 10.6 Å². The molecule has 2 amide bonds. The summed E-state index contributed by atoms with van der Waals surface area (Å²) >= 11 is 2.79. The smallest absolute Gasteiger partial charge is 0.309 e. The van der Waals surface area contributed by atoms with Gasteiger partial charge in [-0.15, -0.1) is 11.3 Å². The number of carbonyl (C=O) groups excluding carboxylic acids is 3. The molecule has 23 heavy (non-hydrogen) atoms. The van der Waals surface area contributed by atoms with Gasteiger partial charge in [0, 0.05) is 21.4 Å². The highest BCUT2D eigenvalue weighted by atomic mass is 32.1. The van der Waals surface area contributed by atoms with Crippen LogP contribution in [0.2, 0.25) is 0 Å². The van der Waals surface area contributed by atoms with Crippen LogP contribution in [-0.4, -0.2) is 23.1 Å². The molecule has 2 N–H and O–H groups in total. The zero-order valence-electron chi connectivity index (χ0n) is 13.1. The molecule has 0 aliphatic rings. The van der Waals surface area contributed by atoms with E-state index in [1.54, 1.807) is 44.4 Å². The molecule has 2 rings (SSSR count). The molecule has 0 bridgehead atoms. The van der Waals surface area contributed by atoms with E-state index in [1.165, 1.54) is 22.7 Å². The van der Waals surface area contributed by atoms with Crippen molar-refractivity contribution in [3.63, 3.8) is 0 Å². The lowest BCUT2D eigenvalue weighted by Gasteiger charge is -2.19. The molecule has 5 nitrogen and oxygen atoms in total. The van der Waals surface area contributed by atoms with Crippen molar-refractivity contribution in [1.29, 1.82) is 0 Å². The van der Waals surface area contributed by atoms with Crippen molar-refractivity contribution in [2.24, 2.45) is 0 Å². The lowest BCUT2D eigenvalue weighted by atomic mass is 10.1. The predicted octanol–water partition coefficient (Wildman–Crippen LogP) is 2.57. The first-order chi connectivity index (χ1) is 10.8. The van der Waals surface area contributed by atoms with Crippen molar-refractivity contribution < 1.29 is 14.4 Å². The highest BCUT2D eigenvalue weighted by Gasteiger charge is 2.20. The molecular formula is C16H18N2O3S2. The normalized spacial score (nSPS) is 11.1. The Kier molecular flexibility index (Phi) is 5.33. The van der Waals surface area contributed by atoms with E-state index in [9.17, 15) is 14.4 Å². The van der Waals surface area contributed by atoms with E-state index in [4.69, 9.17) is 0 Å². The van der Waals surface area contributed by atoms with Gasteiger partial charge in [-0.3, -0.25) is 14.4 Å². The number of nitrogens with one attached hydrogen (secondary N) is 2. The maximum atomic E-state index is 12.2. The molecule has 0 fully saturated rings. The molecule has 0 aliphatic carbocycles. The maximum absolute atomic E-state index is 12.2. The highest BCUT2D eigenvalue weighted by molar-refractivity contribution is 7.14. The zero-order valence-corrected chi connectivity index (χ0v) is 14.8. The van der Waals surface area contributed by atoms with Crippen LogP contribution in [0.5, 0.6) is 0 Å². The van der Waals surface area contributed by atoms with Gasteiger partial charge >= 0.3 is 11.8 Å². The van der Waals surface area contributed by atoms with E-state index in [0.717, 1.165) is 4.88 Å². The van der Waals surface area contributed by atoms with Gasteiger partial charge in [0.25, 0.3) is 0 Å². The monoisotopic (exact) mass is 350 g/mol. The summed E-state index contributed by atoms with van der Waals surface area (Å²) in [4.78, 5) is 37.0. The molecule has 0 spiro atoms. The van der Waals surface area contributed by atoms with Gasteiger partial charge in [0.15, 0.2) is 0 Å². The number of hydrogen-bond acceptors (Lipinski definition) is 5. The largest absolute Gasteiger partial charge is 0.343 e. The van der Waals surface area contributed by atoms with Crippen LogP contribution in [0.4, 0.5) is 0 Å². The number of rotatable bonds is 4. The Morgan fingerprint density at radius 2 is 1.83 bits per heavy atom. The lowest BCUT2D eigenvalue weighted by Crippen LogP contribution is -2.47. The standard InChI is InChI=1S/C16H18N2O3S2/c1-16(2,3)18-15(21)14(20)17-8-11-4-5-12(23-11)13(19)10-6-7-22-9-10/h4-7,9H,8H2,1-3H3,(H,17,20)(H,18,21). The number of thiophene rings is 2. The third-order valence-electron chi connectivity index (χ3n) is 2.79. The molecule has 2 aromatic heterocycles. The van der Waals surface area contributed by atoms with Crippen LogP contribution in [0.1, 0.15) is 40.9 Å². The van der Waals surface area contributed by atoms with Crippen LogP contribution in [0.25, 0.3) is 0 Å². The summed E-state index contributed by atoms with van der Waals surface area (Å²) in [5, 5.41) is 8.82. The van der Waals surface area contributed by atoms with Crippen LogP contribution in [0.3, 0.4) is 0 Å². The van der Waals surface area contributed by atoms with Crippen molar-refractivity contribution in [2.45, 2.75) is 32.9 Å². The van der Waals surface area contributed by atoms with E-state index in [0.29, 0.717) is 10.4 Å². The minimum Gasteiger partial charge on any atom is -0.343 e. The first-order valence-corrected chi connectivity index (χ1v) is 8.78. The van der Waals surface area contributed by atoms with E-state index < -0.39 is 17.4 Å². The van der Waals surface area contributed by atoms with Crippen LogP contribution >= 0.6 is 22.7 Å². The average molecular weight is 350 g/mol. The zero-order chi connectivity index (χ0) is 17.0. The first kappa shape index (κ1) is 17.4. The molecular weight excluding hydrogens is 332 g/mol. The molecule has 2 heterocycles. The van der Waals surface area contributed by atoms with Gasteiger partial charge in [-0.2, -0.15) is 11.3 Å². The van der Waals surface area contributed by atoms with Gasteiger partial charge in [0.1, 0.15) is 0 Å². The molecule has 0 saturated carbocycles. The summed E-state index contributed by atoms with van der Waals surface area (Å²) in [6.45, 7) is 5.64. The molecule has 0 aromatic carbocycles. The van der Waals surface area contributed by atoms with Crippen molar-refractivity contribution >= 4 is 40.3 Å². The second-order valence-corrected chi connectivity index (χ2v) is 7.94. The maximum Gasteiger partial charge on any atom is 0.309 e. The van der Waals surface area contributed by atoms with E-state index in [2.05, 4.69) is 10.6 Å². The summed E-state index contributed by atoms with van der Waals surface area (Å²) in [6.07, 6.45) is 0. The Labute approximate surface area is 142 Å². The molecule has 0 atom stereocenters. The third kappa shape index (κ3) is 5.01. The summed E-state index contributed by atoms with van der Waals surface area (Å²) in [7, 11) is 0. The Hall–Kier alpha value is -1.99. The van der Waals surface area contributed by atoms with Gasteiger partial charge in [-0.05, 0) is 44.4 Å². The highest BCUT2D eigenvalue weighted by Crippen LogP contribution is 2.21. The lowest BCUT2D eigenvalue weighted by molar-refractivity contribution is -0.140. The molecule has 2 aromatic rings. The van der Waals surface area contributed by atoms with Crippen LogP contribution < -0.4 is 10.6 Å². The van der Waals surface area contributed by atoms with Crippen LogP contribution in [0, 0.1) is 0 Å². The Balaban J connectivity index is 1.91. The molecule has 7 heteroatoms. The van der Waals surface area contributed by atoms with E-state index in [-0.39, 0.29) is 12.3 Å². The van der Waals surface area contributed by atoms with Gasteiger partial charge in [-0.1, -0.05) is 0 Å². The van der Waals surface area contributed by atoms with Crippen molar-refractivity contribution in [1.82, 2.24) is 10.6 Å². The van der Waals surface area contributed by atoms with Crippen molar-refractivity contribution in [2.75, 3.05) is 0 Å². The quantitative estimate of drug-likeness (QED) is 0.657. The molecule has 122 valence electrons. The second-order valence-electron chi connectivity index (χ2n) is 5.99.